The van der Waals surface area contributed by atoms with Crippen LogP contribution in [-0.4, -0.2) is 49.2 Å². The van der Waals surface area contributed by atoms with Crippen LogP contribution in [0.5, 0.6) is 0 Å². The predicted molar refractivity (Wildman–Crippen MR) is 68.2 cm³/mol. The largest absolute Gasteiger partial charge is 0.380 e. The lowest BCUT2D eigenvalue weighted by Crippen LogP contribution is -2.31. The lowest BCUT2D eigenvalue weighted by Gasteiger charge is -2.15. The van der Waals surface area contributed by atoms with Crippen molar-refractivity contribution in [2.45, 2.75) is 33.6 Å². The molecule has 0 saturated heterocycles. The summed E-state index contributed by atoms with van der Waals surface area (Å²) in [5.74, 6) is 0.0154. The number of rotatable bonds is 9. The fraction of sp³-hybridized carbons (Fsp3) is 0.769. The van der Waals surface area contributed by atoms with E-state index in [2.05, 4.69) is 0 Å². The second kappa shape index (κ2) is 8.80. The summed E-state index contributed by atoms with van der Waals surface area (Å²) in [5.41, 5.74) is 0. The van der Waals surface area contributed by atoms with Crippen LogP contribution in [-0.2, 0) is 19.1 Å². The van der Waals surface area contributed by atoms with Crippen LogP contribution in [0.3, 0.4) is 0 Å². The van der Waals surface area contributed by atoms with Crippen LogP contribution in [0, 0.1) is 5.92 Å². The van der Waals surface area contributed by atoms with Gasteiger partial charge in [-0.1, -0.05) is 13.8 Å². The maximum absolute atomic E-state index is 11.5. The lowest BCUT2D eigenvalue weighted by atomic mass is 10.1. The topological polar surface area (TPSA) is 63.7 Å². The number of nitrogens with zero attached hydrogens (tertiary/aromatic N) is 1. The molecular weight excluding hydrogens is 234 g/mol. The smallest absolute Gasteiger partial charge is 0.225 e. The Hall–Kier alpha value is -1.23. The van der Waals surface area contributed by atoms with Crippen molar-refractivity contribution in [3.05, 3.63) is 0 Å². The zero-order valence-corrected chi connectivity index (χ0v) is 11.7. The van der Waals surface area contributed by atoms with Crippen molar-refractivity contribution in [1.82, 2.24) is 4.90 Å². The molecule has 0 aromatic carbocycles. The van der Waals surface area contributed by atoms with Crippen molar-refractivity contribution in [3.63, 3.8) is 0 Å². The summed E-state index contributed by atoms with van der Waals surface area (Å²) in [6, 6.07) is 0. The van der Waals surface area contributed by atoms with Crippen molar-refractivity contribution < 1.29 is 19.1 Å². The first-order chi connectivity index (χ1) is 8.34. The van der Waals surface area contributed by atoms with Gasteiger partial charge in [-0.15, -0.1) is 0 Å². The van der Waals surface area contributed by atoms with Gasteiger partial charge in [0.1, 0.15) is 11.6 Å². The molecule has 0 N–H and O–H groups in total. The molecule has 0 aromatic rings. The van der Waals surface area contributed by atoms with Gasteiger partial charge in [0.2, 0.25) is 5.91 Å². The van der Waals surface area contributed by atoms with Gasteiger partial charge in [-0.3, -0.25) is 14.4 Å². The SMILES string of the molecule is CC(=O)CN(C)C(=O)CCOCCC(=O)C(C)C. The van der Waals surface area contributed by atoms with Crippen LogP contribution in [0.25, 0.3) is 0 Å². The average Bonchev–Trinajstić information content (AvgIpc) is 2.26. The zero-order chi connectivity index (χ0) is 14.1. The Labute approximate surface area is 108 Å². The van der Waals surface area contributed by atoms with E-state index < -0.39 is 0 Å². The quantitative estimate of drug-likeness (QED) is 0.579. The standard InChI is InChI=1S/C13H23NO4/c1-10(2)12(16)5-7-18-8-6-13(17)14(4)9-11(3)15/h10H,5-9H2,1-4H3. The third kappa shape index (κ3) is 7.95. The van der Waals surface area contributed by atoms with Gasteiger partial charge in [0.05, 0.1) is 26.2 Å². The van der Waals surface area contributed by atoms with Gasteiger partial charge in [0, 0.05) is 19.4 Å². The summed E-state index contributed by atoms with van der Waals surface area (Å²) in [4.78, 5) is 35.0. The molecule has 1 amide bonds. The van der Waals surface area contributed by atoms with Crippen molar-refractivity contribution in [3.8, 4) is 0 Å². The number of Topliss-reactive ketones (excluding diaryl/α,β-unsaturated/α-hetero) is 2. The molecule has 0 radical (unpaired) electrons. The molecule has 0 atom stereocenters. The fourth-order valence-electron chi connectivity index (χ4n) is 1.34. The van der Waals surface area contributed by atoms with Gasteiger partial charge in [-0.25, -0.2) is 0 Å². The number of hydrogen-bond donors (Lipinski definition) is 0. The fourth-order valence-corrected chi connectivity index (χ4v) is 1.34. The highest BCUT2D eigenvalue weighted by Crippen LogP contribution is 1.99. The molecule has 0 aliphatic rings. The summed E-state index contributed by atoms with van der Waals surface area (Å²) in [7, 11) is 1.59. The van der Waals surface area contributed by atoms with E-state index in [-0.39, 0.29) is 43.0 Å². The highest BCUT2D eigenvalue weighted by molar-refractivity contribution is 5.84. The molecule has 0 saturated carbocycles. The van der Waals surface area contributed by atoms with E-state index in [0.29, 0.717) is 13.0 Å². The molecule has 0 spiro atoms. The molecule has 0 rings (SSSR count). The normalized spacial score (nSPS) is 10.5. The van der Waals surface area contributed by atoms with Crippen LogP contribution in [0.1, 0.15) is 33.6 Å². The Bertz CT molecular complexity index is 299. The molecule has 104 valence electrons. The van der Waals surface area contributed by atoms with Gasteiger partial charge < -0.3 is 9.64 Å². The first-order valence-corrected chi connectivity index (χ1v) is 6.18. The molecule has 0 unspecified atom stereocenters. The Morgan fingerprint density at radius 1 is 1.11 bits per heavy atom. The van der Waals surface area contributed by atoms with E-state index in [1.54, 1.807) is 7.05 Å². The van der Waals surface area contributed by atoms with Gasteiger partial charge in [0.25, 0.3) is 0 Å². The average molecular weight is 257 g/mol. The van der Waals surface area contributed by atoms with Crippen LogP contribution >= 0.6 is 0 Å². The molecule has 5 heteroatoms. The Balaban J connectivity index is 3.63. The number of amides is 1. The van der Waals surface area contributed by atoms with Crippen LogP contribution in [0.15, 0.2) is 0 Å². The number of ether oxygens (including phenoxy) is 1. The van der Waals surface area contributed by atoms with Crippen molar-refractivity contribution >= 4 is 17.5 Å². The Morgan fingerprint density at radius 3 is 2.17 bits per heavy atom. The summed E-state index contributed by atoms with van der Waals surface area (Å²) >= 11 is 0. The van der Waals surface area contributed by atoms with Crippen LogP contribution in [0.2, 0.25) is 0 Å². The number of ketones is 2. The van der Waals surface area contributed by atoms with Gasteiger partial charge in [0.15, 0.2) is 0 Å². The third-order valence-electron chi connectivity index (χ3n) is 2.48. The van der Waals surface area contributed by atoms with Crippen LogP contribution < -0.4 is 0 Å². The Morgan fingerprint density at radius 2 is 1.67 bits per heavy atom. The minimum absolute atomic E-state index is 0.0249. The van der Waals surface area contributed by atoms with E-state index in [0.717, 1.165) is 0 Å². The number of likely N-dealkylation sites (N-methyl/N-ethyl adjacent to an activating group) is 1. The lowest BCUT2D eigenvalue weighted by molar-refractivity contribution is -0.134. The molecule has 0 aliphatic heterocycles. The second-order valence-corrected chi connectivity index (χ2v) is 4.69. The molecule has 0 aromatic heterocycles. The molecular formula is C13H23NO4. The molecule has 0 bridgehead atoms. The Kier molecular flexibility index (Phi) is 8.20. The van der Waals surface area contributed by atoms with E-state index in [1.165, 1.54) is 11.8 Å². The highest BCUT2D eigenvalue weighted by atomic mass is 16.5. The number of carbonyl (C=O) groups excluding carboxylic acids is 3. The summed E-state index contributed by atoms with van der Waals surface area (Å²) in [6.07, 6.45) is 0.620. The highest BCUT2D eigenvalue weighted by Gasteiger charge is 2.10. The van der Waals surface area contributed by atoms with Gasteiger partial charge in [-0.2, -0.15) is 0 Å². The monoisotopic (exact) mass is 257 g/mol. The van der Waals surface area contributed by atoms with Gasteiger partial charge in [-0.05, 0) is 6.92 Å². The number of hydrogen-bond acceptors (Lipinski definition) is 4. The summed E-state index contributed by atoms with van der Waals surface area (Å²) < 4.78 is 5.23. The molecule has 0 fully saturated rings. The maximum Gasteiger partial charge on any atom is 0.225 e. The van der Waals surface area contributed by atoms with E-state index >= 15 is 0 Å². The van der Waals surface area contributed by atoms with E-state index in [1.807, 2.05) is 13.8 Å². The van der Waals surface area contributed by atoms with Crippen LogP contribution in [0.4, 0.5) is 0 Å². The second-order valence-electron chi connectivity index (χ2n) is 4.69. The summed E-state index contributed by atoms with van der Waals surface area (Å²) in [6.45, 7) is 5.90. The molecule has 0 aliphatic carbocycles. The van der Waals surface area contributed by atoms with E-state index in [9.17, 15) is 14.4 Å². The van der Waals surface area contributed by atoms with E-state index in [4.69, 9.17) is 4.74 Å². The first kappa shape index (κ1) is 16.8. The molecule has 5 nitrogen and oxygen atoms in total. The minimum atomic E-state index is -0.125. The maximum atomic E-state index is 11.5. The number of carbonyl (C=O) groups is 3. The van der Waals surface area contributed by atoms with Crippen molar-refractivity contribution in [1.29, 1.82) is 0 Å². The first-order valence-electron chi connectivity index (χ1n) is 6.18. The predicted octanol–water partition coefficient (Wildman–Crippen LogP) is 1.06. The van der Waals surface area contributed by atoms with Gasteiger partial charge >= 0.3 is 0 Å². The molecule has 18 heavy (non-hydrogen) atoms. The minimum Gasteiger partial charge on any atom is -0.380 e. The van der Waals surface area contributed by atoms with Crippen molar-refractivity contribution in [2.75, 3.05) is 26.8 Å². The third-order valence-corrected chi connectivity index (χ3v) is 2.48. The zero-order valence-electron chi connectivity index (χ0n) is 11.7. The summed E-state index contributed by atoms with van der Waals surface area (Å²) in [5, 5.41) is 0. The molecule has 0 heterocycles. The van der Waals surface area contributed by atoms with Crippen molar-refractivity contribution in [2.24, 2.45) is 5.92 Å².